The van der Waals surface area contributed by atoms with Gasteiger partial charge in [-0.2, -0.15) is 4.39 Å². The van der Waals surface area contributed by atoms with Gasteiger partial charge in [-0.05, 0) is 43.2 Å². The molecule has 0 aliphatic carbocycles. The lowest BCUT2D eigenvalue weighted by Gasteiger charge is -2.13. The molecule has 2 aromatic carbocycles. The molecule has 0 radical (unpaired) electrons. The van der Waals surface area contributed by atoms with E-state index in [0.717, 1.165) is 18.2 Å². The van der Waals surface area contributed by atoms with Crippen LogP contribution in [-0.2, 0) is 30.8 Å². The molecule has 0 bridgehead atoms. The van der Waals surface area contributed by atoms with Crippen molar-refractivity contribution in [3.63, 3.8) is 0 Å². The van der Waals surface area contributed by atoms with Gasteiger partial charge in [0, 0.05) is 18.2 Å². The Balaban J connectivity index is 1.88. The number of nitrogens with two attached hydrogens (primary N) is 1. The molecule has 10 nitrogen and oxygen atoms in total. The maximum atomic E-state index is 13.3. The number of nitrogens with zero attached hydrogens (tertiary/aromatic N) is 1. The number of carbonyl (C=O) groups excluding carboxylic acids is 2. The highest BCUT2D eigenvalue weighted by Gasteiger charge is 2.20. The number of halogens is 1. The van der Waals surface area contributed by atoms with Gasteiger partial charge >= 0.3 is 11.7 Å². The van der Waals surface area contributed by atoms with Gasteiger partial charge in [-0.15, -0.1) is 0 Å². The van der Waals surface area contributed by atoms with Gasteiger partial charge in [0.15, 0.2) is 6.10 Å². The van der Waals surface area contributed by atoms with Crippen LogP contribution in [0.4, 0.5) is 15.8 Å². The van der Waals surface area contributed by atoms with Gasteiger partial charge in [-0.25, -0.2) is 13.6 Å². The van der Waals surface area contributed by atoms with Crippen LogP contribution in [0.3, 0.4) is 0 Å². The van der Waals surface area contributed by atoms with Crippen molar-refractivity contribution >= 4 is 33.3 Å². The van der Waals surface area contributed by atoms with Crippen molar-refractivity contribution in [2.24, 2.45) is 5.14 Å². The summed E-state index contributed by atoms with van der Waals surface area (Å²) in [5, 5.41) is 18.1. The summed E-state index contributed by atoms with van der Waals surface area (Å²) in [6.45, 7) is 1.31. The minimum absolute atomic E-state index is 0.0223. The summed E-state index contributed by atoms with van der Waals surface area (Å²) in [6.07, 6.45) is -1.04. The van der Waals surface area contributed by atoms with Gasteiger partial charge in [-0.3, -0.25) is 19.7 Å². The zero-order valence-electron chi connectivity index (χ0n) is 15.7. The second-order valence-electron chi connectivity index (χ2n) is 6.23. The number of anilines is 1. The number of hydrogen-bond donors (Lipinski definition) is 2. The van der Waals surface area contributed by atoms with E-state index in [-0.39, 0.29) is 23.4 Å². The Kier molecular flexibility index (Phi) is 7.19. The van der Waals surface area contributed by atoms with Crippen LogP contribution >= 0.6 is 0 Å². The van der Waals surface area contributed by atoms with Crippen LogP contribution in [0.5, 0.6) is 0 Å². The SMILES string of the molecule is CC(OC(=O)CCc1ccc(S(N)(=O)=O)cc1)C(=O)Nc1ccc(F)c([N+](=O)[O-])c1. The first-order chi connectivity index (χ1) is 14.0. The van der Waals surface area contributed by atoms with E-state index in [1.807, 2.05) is 0 Å². The Hall–Kier alpha value is -3.38. The molecule has 12 heteroatoms. The first-order valence-electron chi connectivity index (χ1n) is 8.53. The van der Waals surface area contributed by atoms with E-state index in [2.05, 4.69) is 5.32 Å². The average molecular weight is 439 g/mol. The number of nitro benzene ring substituents is 1. The van der Waals surface area contributed by atoms with Crippen molar-refractivity contribution in [3.8, 4) is 0 Å². The van der Waals surface area contributed by atoms with Crippen molar-refractivity contribution in [1.82, 2.24) is 0 Å². The Morgan fingerprint density at radius 3 is 2.43 bits per heavy atom. The number of hydrogen-bond acceptors (Lipinski definition) is 7. The number of benzene rings is 2. The molecule has 1 atom stereocenters. The summed E-state index contributed by atoms with van der Waals surface area (Å²) in [7, 11) is -3.81. The molecule has 0 saturated heterocycles. The van der Waals surface area contributed by atoms with Gasteiger partial charge in [0.25, 0.3) is 5.91 Å². The first-order valence-corrected chi connectivity index (χ1v) is 10.1. The largest absolute Gasteiger partial charge is 0.453 e. The van der Waals surface area contributed by atoms with Crippen molar-refractivity contribution in [2.45, 2.75) is 30.8 Å². The van der Waals surface area contributed by atoms with Gasteiger partial charge in [0.2, 0.25) is 15.8 Å². The van der Waals surface area contributed by atoms with Crippen LogP contribution in [0.15, 0.2) is 47.4 Å². The average Bonchev–Trinajstić information content (AvgIpc) is 2.67. The van der Waals surface area contributed by atoms with Gasteiger partial charge in [0.05, 0.1) is 9.82 Å². The zero-order chi connectivity index (χ0) is 22.5. The first kappa shape index (κ1) is 22.9. The fraction of sp³-hybridized carbons (Fsp3) is 0.222. The quantitative estimate of drug-likeness (QED) is 0.361. The number of sulfonamides is 1. The van der Waals surface area contributed by atoms with E-state index in [9.17, 15) is 32.5 Å². The van der Waals surface area contributed by atoms with E-state index in [4.69, 9.17) is 9.88 Å². The molecule has 0 saturated carbocycles. The highest BCUT2D eigenvalue weighted by atomic mass is 32.2. The molecular formula is C18H18FN3O7S. The lowest BCUT2D eigenvalue weighted by Crippen LogP contribution is -2.30. The van der Waals surface area contributed by atoms with Crippen molar-refractivity contribution in [2.75, 3.05) is 5.32 Å². The van der Waals surface area contributed by atoms with Gasteiger partial charge < -0.3 is 10.1 Å². The standard InChI is InChI=1S/C18H18FN3O7S/c1-11(18(24)21-13-5-8-15(19)16(10-13)22(25)26)29-17(23)9-4-12-2-6-14(7-3-12)30(20,27)28/h2-3,5-8,10-11H,4,9H2,1H3,(H,21,24)(H2,20,27,28). The lowest BCUT2D eigenvalue weighted by atomic mass is 10.1. The maximum Gasteiger partial charge on any atom is 0.306 e. The second kappa shape index (κ2) is 9.41. The molecule has 2 rings (SSSR count). The van der Waals surface area contributed by atoms with E-state index in [1.165, 1.54) is 31.2 Å². The topological polar surface area (TPSA) is 159 Å². The molecule has 160 valence electrons. The molecule has 0 aliphatic rings. The third kappa shape index (κ3) is 6.32. The predicted molar refractivity (Wildman–Crippen MR) is 103 cm³/mol. The van der Waals surface area contributed by atoms with Crippen molar-refractivity contribution in [3.05, 3.63) is 64.0 Å². The smallest absolute Gasteiger partial charge is 0.306 e. The minimum Gasteiger partial charge on any atom is -0.453 e. The van der Waals surface area contributed by atoms with Gasteiger partial charge in [-0.1, -0.05) is 12.1 Å². The fourth-order valence-electron chi connectivity index (χ4n) is 2.38. The predicted octanol–water partition coefficient (Wildman–Crippen LogP) is 1.88. The highest BCUT2D eigenvalue weighted by Crippen LogP contribution is 2.22. The Bertz CT molecular complexity index is 1070. The van der Waals surface area contributed by atoms with Crippen LogP contribution in [0.1, 0.15) is 18.9 Å². The number of rotatable bonds is 8. The second-order valence-corrected chi connectivity index (χ2v) is 7.80. The molecule has 1 unspecified atom stereocenters. The number of esters is 1. The highest BCUT2D eigenvalue weighted by molar-refractivity contribution is 7.89. The van der Waals surface area contributed by atoms with Crippen molar-refractivity contribution in [1.29, 1.82) is 0 Å². The molecule has 1 amide bonds. The van der Waals surface area contributed by atoms with Gasteiger partial charge in [0.1, 0.15) is 0 Å². The third-order valence-electron chi connectivity index (χ3n) is 3.96. The van der Waals surface area contributed by atoms with E-state index in [0.29, 0.717) is 5.56 Å². The number of nitro groups is 1. The molecule has 30 heavy (non-hydrogen) atoms. The Morgan fingerprint density at radius 2 is 1.87 bits per heavy atom. The third-order valence-corrected chi connectivity index (χ3v) is 4.89. The fourth-order valence-corrected chi connectivity index (χ4v) is 2.89. The summed E-state index contributed by atoms with van der Waals surface area (Å²) in [4.78, 5) is 33.8. The molecule has 0 aromatic heterocycles. The number of amides is 1. The summed E-state index contributed by atoms with van der Waals surface area (Å²) in [6, 6.07) is 8.47. The Morgan fingerprint density at radius 1 is 1.23 bits per heavy atom. The normalized spacial score (nSPS) is 12.1. The Labute approximate surface area is 171 Å². The summed E-state index contributed by atoms with van der Waals surface area (Å²) >= 11 is 0. The molecule has 0 aliphatic heterocycles. The van der Waals surface area contributed by atoms with E-state index >= 15 is 0 Å². The number of nitrogens with one attached hydrogen (secondary N) is 1. The molecule has 2 aromatic rings. The number of ether oxygens (including phenoxy) is 1. The summed E-state index contributed by atoms with van der Waals surface area (Å²) < 4.78 is 40.8. The molecule has 0 spiro atoms. The molecule has 3 N–H and O–H groups in total. The lowest BCUT2D eigenvalue weighted by molar-refractivity contribution is -0.387. The van der Waals surface area contributed by atoms with Crippen LogP contribution in [0, 0.1) is 15.9 Å². The summed E-state index contributed by atoms with van der Waals surface area (Å²) in [5.74, 6) is -2.48. The van der Waals surface area contributed by atoms with Crippen LogP contribution < -0.4 is 10.5 Å². The van der Waals surface area contributed by atoms with E-state index < -0.39 is 44.4 Å². The zero-order valence-corrected chi connectivity index (χ0v) is 16.5. The number of carbonyl (C=O) groups is 2. The van der Waals surface area contributed by atoms with E-state index in [1.54, 1.807) is 0 Å². The van der Waals surface area contributed by atoms with Crippen LogP contribution in [0.2, 0.25) is 0 Å². The minimum atomic E-state index is -3.81. The molecular weight excluding hydrogens is 421 g/mol. The monoisotopic (exact) mass is 439 g/mol. The number of aryl methyl sites for hydroxylation is 1. The van der Waals surface area contributed by atoms with Crippen LogP contribution in [-0.4, -0.2) is 31.3 Å². The molecule has 0 fully saturated rings. The summed E-state index contributed by atoms with van der Waals surface area (Å²) in [5.41, 5.74) is -0.160. The van der Waals surface area contributed by atoms with Crippen LogP contribution in [0.25, 0.3) is 0 Å². The van der Waals surface area contributed by atoms with Crippen molar-refractivity contribution < 1.29 is 32.1 Å². The number of primary sulfonamides is 1. The maximum absolute atomic E-state index is 13.3. The molecule has 0 heterocycles.